The van der Waals surface area contributed by atoms with Crippen LogP contribution in [0.4, 0.5) is 17.5 Å². The second-order valence-electron chi connectivity index (χ2n) is 20.7. The number of phosphoric acid groups is 2. The first-order valence-corrected chi connectivity index (χ1v) is 31.6. The lowest BCUT2D eigenvalue weighted by Crippen LogP contribution is -2.36. The number of amides is 1. The molecule has 4 aromatic rings. The summed E-state index contributed by atoms with van der Waals surface area (Å²) in [5.74, 6) is 1.55. The molecule has 0 spiro atoms. The van der Waals surface area contributed by atoms with Gasteiger partial charge in [-0.05, 0) is 87.9 Å². The molecule has 9 N–H and O–H groups in total. The first kappa shape index (κ1) is 61.9. The van der Waals surface area contributed by atoms with E-state index in [1.165, 1.54) is 16.7 Å². The molecule has 4 aliphatic rings. The number of allylic oxidation sites excluding steroid dienone is 3. The number of aliphatic hydroxyl groups is 1. The molecule has 27 heteroatoms. The second-order valence-corrected chi connectivity index (χ2v) is 24.5. The van der Waals surface area contributed by atoms with E-state index in [-0.39, 0.29) is 33.7 Å². The summed E-state index contributed by atoms with van der Waals surface area (Å²) in [4.78, 5) is 65.1. The summed E-state index contributed by atoms with van der Waals surface area (Å²) in [6, 6.07) is 20.9. The van der Waals surface area contributed by atoms with Crippen molar-refractivity contribution in [2.45, 2.75) is 121 Å². The normalized spacial score (nSPS) is 18.8. The number of phosphoric ester groups is 2. The van der Waals surface area contributed by atoms with Crippen LogP contribution < -0.4 is 31.2 Å². The zero-order chi connectivity index (χ0) is 59.1. The van der Waals surface area contributed by atoms with Crippen LogP contribution in [0.25, 0.3) is 39.9 Å². The van der Waals surface area contributed by atoms with Crippen molar-refractivity contribution in [3.63, 3.8) is 0 Å². The Morgan fingerprint density at radius 3 is 2.35 bits per heavy atom. The van der Waals surface area contributed by atoms with Gasteiger partial charge in [0, 0.05) is 65.6 Å². The van der Waals surface area contributed by atoms with E-state index in [4.69, 9.17) is 19.4 Å². The Morgan fingerprint density at radius 2 is 1.66 bits per heavy atom. The van der Waals surface area contributed by atoms with Gasteiger partial charge in [0.05, 0.1) is 17.6 Å². The Labute approximate surface area is 475 Å². The molecule has 5 heterocycles. The third-order valence-corrected chi connectivity index (χ3v) is 16.6. The Balaban J connectivity index is 0.855. The first-order chi connectivity index (χ1) is 38.9. The Kier molecular flexibility index (Phi) is 19.7. The summed E-state index contributed by atoms with van der Waals surface area (Å²) in [6.45, 7) is 12.6. The maximum atomic E-state index is 13.0. The van der Waals surface area contributed by atoms with Gasteiger partial charge < -0.3 is 59.7 Å². The second kappa shape index (κ2) is 26.2. The van der Waals surface area contributed by atoms with Crippen LogP contribution in [-0.4, -0.2) is 121 Å². The number of benzene rings is 3. The molecule has 8 rings (SSSR count). The number of nitrogens with one attached hydrogen (secondary N) is 2. The van der Waals surface area contributed by atoms with Crippen molar-refractivity contribution < 1.29 is 69.8 Å². The minimum absolute atomic E-state index is 0.0119. The van der Waals surface area contributed by atoms with Gasteiger partial charge in [0.25, 0.3) is 0 Å². The minimum atomic E-state index is -5.24. The number of fused-ring (bicyclic) bond motifs is 3. The van der Waals surface area contributed by atoms with Gasteiger partial charge in [-0.15, -0.1) is 0 Å². The SMILES string of the molecule is CC[N+](CC)=c1ccc2c(/C=C/C=C3/N(CCCCCC(=O)NCCCCCCNc4nc5c(N)ncnc5n4[C@@H]4O[C@H](COP(=O)(O)O)[C@@H](OP(=O)(O)O)[C@H]4O)c4ccc(S(=O)(=O)[O-])cc4C3(C)C)c(C)c(-c3ccccc3)oc-2c1. The molecule has 2 aromatic carbocycles. The number of nitrogens with two attached hydrogens (primary N) is 1. The van der Waals surface area contributed by atoms with Crippen LogP contribution in [-0.2, 0) is 43.2 Å². The number of unbranched alkanes of at least 4 members (excludes halogenated alkanes) is 5. The smallest absolute Gasteiger partial charge is 0.470 e. The van der Waals surface area contributed by atoms with Crippen LogP contribution in [0.1, 0.15) is 102 Å². The van der Waals surface area contributed by atoms with Crippen molar-refractivity contribution in [3.8, 4) is 22.6 Å². The Morgan fingerprint density at radius 1 is 0.939 bits per heavy atom. The van der Waals surface area contributed by atoms with Gasteiger partial charge in [-0.3, -0.25) is 18.4 Å². The summed E-state index contributed by atoms with van der Waals surface area (Å²) in [7, 11) is -15.0. The molecule has 82 heavy (non-hydrogen) atoms. The molecule has 442 valence electrons. The fourth-order valence-corrected chi connectivity index (χ4v) is 12.1. The topological polar surface area (TPSA) is 350 Å². The molecule has 0 unspecified atom stereocenters. The monoisotopic (exact) mass is 1190 g/mol. The van der Waals surface area contributed by atoms with Crippen LogP contribution in [0.5, 0.6) is 0 Å². The number of anilines is 3. The van der Waals surface area contributed by atoms with Crippen LogP contribution >= 0.6 is 15.6 Å². The summed E-state index contributed by atoms with van der Waals surface area (Å²) in [5.41, 5.74) is 12.0. The molecule has 4 atom stereocenters. The number of aliphatic hydroxyl groups excluding tert-OH is 1. The fourth-order valence-electron chi connectivity index (χ4n) is 10.7. The fraction of sp³-hybridized carbons (Fsp3) is 0.436. The van der Waals surface area contributed by atoms with Gasteiger partial charge in [0.1, 0.15) is 59.4 Å². The molecule has 0 bridgehead atoms. The van der Waals surface area contributed by atoms with Gasteiger partial charge in [-0.2, -0.15) is 0 Å². The molecule has 1 fully saturated rings. The Hall–Kier alpha value is -6.18. The third kappa shape index (κ3) is 14.6. The first-order valence-electron chi connectivity index (χ1n) is 27.1. The summed E-state index contributed by atoms with van der Waals surface area (Å²) >= 11 is 0. The number of aromatic nitrogens is 4. The summed E-state index contributed by atoms with van der Waals surface area (Å²) < 4.78 is 85.3. The van der Waals surface area contributed by atoms with Gasteiger partial charge in [-0.1, -0.05) is 75.6 Å². The number of carbonyl (C=O) groups is 1. The molecular formula is C55H71N9O15P2S. The molecule has 0 saturated carbocycles. The highest BCUT2D eigenvalue weighted by atomic mass is 32.2. The van der Waals surface area contributed by atoms with E-state index in [2.05, 4.69) is 90.7 Å². The summed E-state index contributed by atoms with van der Waals surface area (Å²) in [6.07, 6.45) is 5.97. The van der Waals surface area contributed by atoms with Crippen LogP contribution in [0.3, 0.4) is 0 Å². The molecule has 0 radical (unpaired) electrons. The van der Waals surface area contributed by atoms with Gasteiger partial charge in [-0.25, -0.2) is 37.1 Å². The van der Waals surface area contributed by atoms with E-state index in [0.717, 1.165) is 101 Å². The molecular weight excluding hydrogens is 1120 g/mol. The number of rotatable bonds is 26. The highest BCUT2D eigenvalue weighted by Gasteiger charge is 2.50. The molecule has 24 nitrogen and oxygen atoms in total. The Bertz CT molecular complexity index is 3580. The van der Waals surface area contributed by atoms with Crippen molar-refractivity contribution in [1.82, 2.24) is 29.4 Å². The standard InChI is InChI=1S/C55H71N9O15P2S/c1-6-62(7-2)37-24-26-40-39(35(3)49(77-43(40)31-37)36-19-12-10-13-20-36)21-18-22-45-55(4,5)41-32-38(82(73,74)75)25-27-42(41)63(45)30-17-11-14-23-46(65)57-28-15-8-9-16-29-58-54-61-47-51(56)59-34-60-52(47)64(54)53-48(66)50(79-81(70,71)72)44(78-53)33-76-80(67,68)69/h10,12-13,18-22,24-27,31-32,34,44,48,50,53,66H,6-9,11,14-17,23,28-30,33H2,1-5H3,(H8-,56,57,58,59,60,61,65,67,68,69,70,71,72,73,74,75)/t44-,48-,50-,53-/m1/s1. The van der Waals surface area contributed by atoms with E-state index in [1.807, 2.05) is 50.3 Å². The highest BCUT2D eigenvalue weighted by molar-refractivity contribution is 7.85. The predicted octanol–water partition coefficient (Wildman–Crippen LogP) is 6.69. The summed E-state index contributed by atoms with van der Waals surface area (Å²) in [5, 5.41) is 18.5. The van der Waals surface area contributed by atoms with E-state index in [9.17, 15) is 51.6 Å². The van der Waals surface area contributed by atoms with E-state index < -0.39 is 62.3 Å². The highest BCUT2D eigenvalue weighted by Crippen LogP contribution is 2.50. The maximum absolute atomic E-state index is 13.0. The van der Waals surface area contributed by atoms with Crippen LogP contribution in [0.2, 0.25) is 0 Å². The van der Waals surface area contributed by atoms with E-state index >= 15 is 0 Å². The average molecular weight is 1190 g/mol. The lowest BCUT2D eigenvalue weighted by atomic mass is 9.83. The van der Waals surface area contributed by atoms with Crippen LogP contribution in [0, 0.1) is 6.92 Å². The zero-order valence-electron chi connectivity index (χ0n) is 46.3. The van der Waals surface area contributed by atoms with E-state index in [0.29, 0.717) is 45.3 Å². The molecule has 1 saturated heterocycles. The third-order valence-electron chi connectivity index (χ3n) is 14.8. The van der Waals surface area contributed by atoms with Crippen molar-refractivity contribution in [3.05, 3.63) is 113 Å². The van der Waals surface area contributed by atoms with Crippen molar-refractivity contribution in [2.24, 2.45) is 0 Å². The average Bonchev–Trinajstić information content (AvgIpc) is 3.82. The lowest BCUT2D eigenvalue weighted by Gasteiger charge is -2.27. The maximum Gasteiger partial charge on any atom is 0.470 e. The number of nitrogen functional groups attached to an aromatic ring is 1. The van der Waals surface area contributed by atoms with Crippen molar-refractivity contribution >= 4 is 66.4 Å². The predicted molar refractivity (Wildman–Crippen MR) is 307 cm³/mol. The number of hydrogen-bond acceptors (Lipinski definition) is 17. The quantitative estimate of drug-likeness (QED) is 0.0121. The number of hydrogen-bond donors (Lipinski definition) is 8. The number of carbonyl (C=O) groups excluding carboxylic acids is 1. The molecule has 3 aliphatic heterocycles. The largest absolute Gasteiger partial charge is 0.744 e. The number of ether oxygens (including phenoxy) is 1. The van der Waals surface area contributed by atoms with Gasteiger partial charge in [0.2, 0.25) is 17.2 Å². The molecule has 1 aliphatic carbocycles. The van der Waals surface area contributed by atoms with Crippen LogP contribution in [0.15, 0.2) is 100 Å². The molecule has 1 amide bonds. The zero-order valence-corrected chi connectivity index (χ0v) is 48.9. The van der Waals surface area contributed by atoms with Crippen molar-refractivity contribution in [1.29, 1.82) is 0 Å². The lowest BCUT2D eigenvalue weighted by molar-refractivity contribution is -0.121. The van der Waals surface area contributed by atoms with Gasteiger partial charge in [0.15, 0.2) is 23.2 Å². The van der Waals surface area contributed by atoms with E-state index in [1.54, 1.807) is 6.07 Å². The number of imidazole rings is 1. The minimum Gasteiger partial charge on any atom is -0.744 e. The molecule has 2 aromatic heterocycles. The van der Waals surface area contributed by atoms with Crippen molar-refractivity contribution in [2.75, 3.05) is 55.3 Å². The van der Waals surface area contributed by atoms with Gasteiger partial charge >= 0.3 is 15.6 Å². The number of nitrogens with zero attached hydrogens (tertiary/aromatic N) is 6.